The topological polar surface area (TPSA) is 110 Å². The minimum Gasteiger partial charge on any atom is -0.493 e. The number of pyridine rings is 1. The highest BCUT2D eigenvalue weighted by molar-refractivity contribution is 5.99. The normalized spacial score (nSPS) is 13.2. The Morgan fingerprint density at radius 2 is 1.76 bits per heavy atom. The van der Waals surface area contributed by atoms with Gasteiger partial charge in [-0.25, -0.2) is 4.98 Å². The van der Waals surface area contributed by atoms with Gasteiger partial charge in [-0.15, -0.1) is 0 Å². The number of carbonyl (C=O) groups is 3. The fraction of sp³-hybridized carbons (Fsp3) is 0.481. The minimum atomic E-state index is -0.273. The zero-order valence-corrected chi connectivity index (χ0v) is 21.8. The lowest BCUT2D eigenvalue weighted by Gasteiger charge is -2.36. The number of anilines is 1. The van der Waals surface area contributed by atoms with Crippen molar-refractivity contribution in [3.8, 4) is 11.5 Å². The van der Waals surface area contributed by atoms with Gasteiger partial charge in [0.05, 0.1) is 26.4 Å². The van der Waals surface area contributed by atoms with Gasteiger partial charge in [-0.05, 0) is 49.6 Å². The molecule has 37 heavy (non-hydrogen) atoms. The highest BCUT2D eigenvalue weighted by Gasteiger charge is 2.25. The van der Waals surface area contributed by atoms with Crippen LogP contribution in [0.4, 0.5) is 5.82 Å². The average Bonchev–Trinajstić information content (AvgIpc) is 2.93. The molecule has 1 aromatic carbocycles. The minimum absolute atomic E-state index is 0.0260. The first-order valence-corrected chi connectivity index (χ1v) is 12.6. The first-order valence-electron chi connectivity index (χ1n) is 12.6. The van der Waals surface area contributed by atoms with Crippen molar-refractivity contribution in [1.29, 1.82) is 0 Å². The Kier molecular flexibility index (Phi) is 10.5. The first-order chi connectivity index (χ1) is 18.0. The molecule has 10 heteroatoms. The van der Waals surface area contributed by atoms with Crippen molar-refractivity contribution >= 4 is 23.6 Å². The average molecular weight is 513 g/mol. The highest BCUT2D eigenvalue weighted by atomic mass is 16.5. The second-order valence-corrected chi connectivity index (χ2v) is 8.60. The maximum atomic E-state index is 13.0. The smallest absolute Gasteiger partial charge is 0.305 e. The third kappa shape index (κ3) is 7.83. The molecule has 10 nitrogen and oxygen atoms in total. The van der Waals surface area contributed by atoms with Gasteiger partial charge < -0.3 is 29.3 Å². The van der Waals surface area contributed by atoms with E-state index < -0.39 is 0 Å². The van der Waals surface area contributed by atoms with E-state index in [0.717, 1.165) is 5.56 Å². The van der Waals surface area contributed by atoms with Crippen LogP contribution in [0.3, 0.4) is 0 Å². The van der Waals surface area contributed by atoms with Crippen LogP contribution in [0, 0.1) is 0 Å². The Balaban J connectivity index is 1.50. The van der Waals surface area contributed by atoms with Crippen LogP contribution >= 0.6 is 0 Å². The number of hydrogen-bond donors (Lipinski definition) is 1. The zero-order valence-electron chi connectivity index (χ0n) is 21.8. The van der Waals surface area contributed by atoms with E-state index in [0.29, 0.717) is 81.5 Å². The molecule has 1 aliphatic heterocycles. The van der Waals surface area contributed by atoms with Gasteiger partial charge in [-0.3, -0.25) is 14.4 Å². The monoisotopic (exact) mass is 512 g/mol. The molecule has 0 saturated carbocycles. The number of amides is 2. The SMILES string of the molecule is CCOC(=O)CCCC(=O)N1CCN(c2ncccc2C(=O)NCCc2ccc(OC)c(OC)c2)CC1. The van der Waals surface area contributed by atoms with Crippen molar-refractivity contribution in [2.45, 2.75) is 32.6 Å². The van der Waals surface area contributed by atoms with E-state index in [9.17, 15) is 14.4 Å². The summed E-state index contributed by atoms with van der Waals surface area (Å²) < 4.78 is 15.5. The lowest BCUT2D eigenvalue weighted by atomic mass is 10.1. The summed E-state index contributed by atoms with van der Waals surface area (Å²) in [4.78, 5) is 45.3. The van der Waals surface area contributed by atoms with Gasteiger partial charge >= 0.3 is 5.97 Å². The van der Waals surface area contributed by atoms with Gasteiger partial charge in [-0.2, -0.15) is 0 Å². The standard InChI is InChI=1S/C27H36N4O6/c1-4-37-25(33)9-5-8-24(32)30-15-17-31(18-16-30)26-21(7-6-13-28-26)27(34)29-14-12-20-10-11-22(35-2)23(19-20)36-3/h6-7,10-11,13,19H,4-5,8-9,12,14-18H2,1-3H3,(H,29,34). The number of esters is 1. The second-order valence-electron chi connectivity index (χ2n) is 8.60. The molecule has 0 radical (unpaired) electrons. The van der Waals surface area contributed by atoms with Crippen molar-refractivity contribution < 1.29 is 28.6 Å². The Morgan fingerprint density at radius 3 is 2.46 bits per heavy atom. The van der Waals surface area contributed by atoms with E-state index in [1.807, 2.05) is 23.1 Å². The van der Waals surface area contributed by atoms with Gasteiger partial charge in [-0.1, -0.05) is 6.07 Å². The number of benzene rings is 1. The number of piperazine rings is 1. The first kappa shape index (κ1) is 27.8. The van der Waals surface area contributed by atoms with E-state index in [4.69, 9.17) is 14.2 Å². The predicted octanol–water partition coefficient (Wildman–Crippen LogP) is 2.45. The molecule has 2 amide bonds. The fourth-order valence-corrected chi connectivity index (χ4v) is 4.22. The Hall–Kier alpha value is -3.82. The summed E-state index contributed by atoms with van der Waals surface area (Å²) in [6.07, 6.45) is 3.35. The summed E-state index contributed by atoms with van der Waals surface area (Å²) in [5, 5.41) is 2.98. The highest BCUT2D eigenvalue weighted by Crippen LogP contribution is 2.27. The molecule has 2 aromatic rings. The molecule has 2 heterocycles. The summed E-state index contributed by atoms with van der Waals surface area (Å²) in [6, 6.07) is 9.20. The van der Waals surface area contributed by atoms with Crippen LogP contribution in [-0.2, 0) is 20.7 Å². The maximum absolute atomic E-state index is 13.0. The number of carbonyl (C=O) groups excluding carboxylic acids is 3. The lowest BCUT2D eigenvalue weighted by Crippen LogP contribution is -2.49. The fourth-order valence-electron chi connectivity index (χ4n) is 4.22. The molecule has 1 fully saturated rings. The number of nitrogens with one attached hydrogen (secondary N) is 1. The molecule has 1 saturated heterocycles. The van der Waals surface area contributed by atoms with Crippen molar-refractivity contribution in [3.63, 3.8) is 0 Å². The molecule has 0 atom stereocenters. The van der Waals surface area contributed by atoms with Crippen molar-refractivity contribution in [2.24, 2.45) is 0 Å². The number of aromatic nitrogens is 1. The third-order valence-electron chi connectivity index (χ3n) is 6.19. The quantitative estimate of drug-likeness (QED) is 0.432. The second kappa shape index (κ2) is 14.1. The molecular formula is C27H36N4O6. The van der Waals surface area contributed by atoms with Crippen LogP contribution < -0.4 is 19.7 Å². The molecule has 1 aliphatic rings. The van der Waals surface area contributed by atoms with E-state index in [1.165, 1.54) is 0 Å². The summed E-state index contributed by atoms with van der Waals surface area (Å²) >= 11 is 0. The summed E-state index contributed by atoms with van der Waals surface area (Å²) in [6.45, 7) is 4.79. The molecule has 0 aliphatic carbocycles. The largest absolute Gasteiger partial charge is 0.493 e. The Labute approximate surface area is 217 Å². The number of ether oxygens (including phenoxy) is 3. The van der Waals surface area contributed by atoms with E-state index in [2.05, 4.69) is 10.3 Å². The molecule has 1 N–H and O–H groups in total. The Morgan fingerprint density at radius 1 is 1.00 bits per heavy atom. The van der Waals surface area contributed by atoms with Crippen LogP contribution in [-0.4, -0.2) is 81.2 Å². The van der Waals surface area contributed by atoms with Gasteiger partial charge in [0.25, 0.3) is 5.91 Å². The van der Waals surface area contributed by atoms with Crippen LogP contribution in [0.25, 0.3) is 0 Å². The van der Waals surface area contributed by atoms with Crippen molar-refractivity contribution in [2.75, 3.05) is 58.5 Å². The molecule has 200 valence electrons. The van der Waals surface area contributed by atoms with Crippen LogP contribution in [0.15, 0.2) is 36.5 Å². The van der Waals surface area contributed by atoms with Gasteiger partial charge in [0.1, 0.15) is 5.82 Å². The predicted molar refractivity (Wildman–Crippen MR) is 139 cm³/mol. The van der Waals surface area contributed by atoms with E-state index >= 15 is 0 Å². The lowest BCUT2D eigenvalue weighted by molar-refractivity contribution is -0.143. The van der Waals surface area contributed by atoms with Crippen LogP contribution in [0.1, 0.15) is 42.1 Å². The van der Waals surface area contributed by atoms with Gasteiger partial charge in [0.2, 0.25) is 5.91 Å². The van der Waals surface area contributed by atoms with E-state index in [-0.39, 0.29) is 24.2 Å². The molecule has 1 aromatic heterocycles. The number of nitrogens with zero attached hydrogens (tertiary/aromatic N) is 3. The van der Waals surface area contributed by atoms with Crippen molar-refractivity contribution in [1.82, 2.24) is 15.2 Å². The van der Waals surface area contributed by atoms with Crippen LogP contribution in [0.5, 0.6) is 11.5 Å². The third-order valence-corrected chi connectivity index (χ3v) is 6.19. The molecule has 0 spiro atoms. The number of methoxy groups -OCH3 is 2. The molecular weight excluding hydrogens is 476 g/mol. The molecule has 0 bridgehead atoms. The van der Waals surface area contributed by atoms with Crippen molar-refractivity contribution in [3.05, 3.63) is 47.7 Å². The number of rotatable bonds is 12. The maximum Gasteiger partial charge on any atom is 0.305 e. The summed E-state index contributed by atoms with van der Waals surface area (Å²) in [5.41, 5.74) is 1.52. The number of hydrogen-bond acceptors (Lipinski definition) is 8. The Bertz CT molecular complexity index is 1070. The van der Waals surface area contributed by atoms with E-state index in [1.54, 1.807) is 44.4 Å². The summed E-state index contributed by atoms with van der Waals surface area (Å²) in [7, 11) is 3.19. The van der Waals surface area contributed by atoms with Gasteiger partial charge in [0.15, 0.2) is 11.5 Å². The molecule has 0 unspecified atom stereocenters. The van der Waals surface area contributed by atoms with Gasteiger partial charge in [0, 0.05) is 51.8 Å². The summed E-state index contributed by atoms with van der Waals surface area (Å²) in [5.74, 6) is 1.48. The van der Waals surface area contributed by atoms with Crippen LogP contribution in [0.2, 0.25) is 0 Å². The molecule has 3 rings (SSSR count). The zero-order chi connectivity index (χ0) is 26.6.